The quantitative estimate of drug-likeness (QED) is 0.225. The second-order valence-corrected chi connectivity index (χ2v) is 13.1. The molecule has 0 unspecified atom stereocenters. The number of para-hydroxylation sites is 2. The Kier molecular flexibility index (Phi) is 3.95. The molecule has 5 aromatic carbocycles. The van der Waals surface area contributed by atoms with Crippen LogP contribution in [-0.4, -0.2) is 0 Å². The highest BCUT2D eigenvalue weighted by Crippen LogP contribution is 2.66. The summed E-state index contributed by atoms with van der Waals surface area (Å²) in [6.45, 7) is 14.5. The Hall–Kier alpha value is -3.84. The molecule has 0 spiro atoms. The summed E-state index contributed by atoms with van der Waals surface area (Å²) in [7, 11) is 0. The molecule has 1 heteroatoms. The van der Waals surface area contributed by atoms with Crippen LogP contribution in [0.4, 0.5) is 17.1 Å². The maximum atomic E-state index is 2.65. The fourth-order valence-corrected chi connectivity index (χ4v) is 7.82. The molecule has 0 atom stereocenters. The summed E-state index contributed by atoms with van der Waals surface area (Å²) in [5.41, 5.74) is 15.1. The Labute approximate surface area is 225 Å². The van der Waals surface area contributed by atoms with Crippen molar-refractivity contribution in [3.8, 4) is 11.1 Å². The highest BCUT2D eigenvalue weighted by Gasteiger charge is 2.51. The number of nitrogens with zero attached hydrogens (tertiary/aromatic N) is 1. The summed E-state index contributed by atoms with van der Waals surface area (Å²) >= 11 is 0. The lowest BCUT2D eigenvalue weighted by molar-refractivity contribution is 0.567. The Balaban J connectivity index is 1.54. The zero-order valence-corrected chi connectivity index (χ0v) is 23.1. The van der Waals surface area contributed by atoms with Crippen LogP contribution in [0, 0.1) is 0 Å². The molecule has 186 valence electrons. The van der Waals surface area contributed by atoms with Crippen LogP contribution in [0.2, 0.25) is 0 Å². The van der Waals surface area contributed by atoms with Gasteiger partial charge in [0, 0.05) is 16.2 Å². The summed E-state index contributed by atoms with van der Waals surface area (Å²) in [4.78, 5) is 2.65. The molecule has 1 nitrogen and oxygen atoms in total. The van der Waals surface area contributed by atoms with Gasteiger partial charge in [-0.1, -0.05) is 120 Å². The minimum atomic E-state index is -0.123. The van der Waals surface area contributed by atoms with Gasteiger partial charge in [0.05, 0.1) is 17.1 Å². The van der Waals surface area contributed by atoms with Crippen molar-refractivity contribution in [1.29, 1.82) is 0 Å². The maximum absolute atomic E-state index is 2.65. The topological polar surface area (TPSA) is 3.24 Å². The van der Waals surface area contributed by atoms with Gasteiger partial charge in [-0.2, -0.15) is 0 Å². The van der Waals surface area contributed by atoms with E-state index in [1.807, 2.05) is 0 Å². The molecule has 0 radical (unpaired) electrons. The van der Waals surface area contributed by atoms with Crippen LogP contribution < -0.4 is 4.90 Å². The van der Waals surface area contributed by atoms with Crippen LogP contribution in [0.25, 0.3) is 21.9 Å². The van der Waals surface area contributed by atoms with E-state index in [2.05, 4.69) is 137 Å². The van der Waals surface area contributed by atoms with E-state index in [0.717, 1.165) is 0 Å². The fraction of sp³-hybridized carbons (Fsp3) is 0.243. The van der Waals surface area contributed by atoms with E-state index in [9.17, 15) is 0 Å². The summed E-state index contributed by atoms with van der Waals surface area (Å²) < 4.78 is 0. The van der Waals surface area contributed by atoms with Crippen LogP contribution in [0.15, 0.2) is 91.0 Å². The molecule has 0 amide bonds. The van der Waals surface area contributed by atoms with Crippen LogP contribution >= 0.6 is 0 Å². The molecule has 38 heavy (non-hydrogen) atoms. The molecule has 0 saturated carbocycles. The van der Waals surface area contributed by atoms with Crippen molar-refractivity contribution in [2.24, 2.45) is 0 Å². The van der Waals surface area contributed by atoms with Gasteiger partial charge in [-0.25, -0.2) is 0 Å². The highest BCUT2D eigenvalue weighted by molar-refractivity contribution is 6.01. The molecule has 0 saturated heterocycles. The van der Waals surface area contributed by atoms with Crippen molar-refractivity contribution in [3.63, 3.8) is 0 Å². The summed E-state index contributed by atoms with van der Waals surface area (Å²) in [6, 6.07) is 34.5. The van der Waals surface area contributed by atoms with Gasteiger partial charge >= 0.3 is 0 Å². The van der Waals surface area contributed by atoms with Crippen molar-refractivity contribution in [2.75, 3.05) is 4.90 Å². The molecule has 5 aromatic rings. The normalized spacial score (nSPS) is 18.3. The first-order valence-corrected chi connectivity index (χ1v) is 13.9. The summed E-state index contributed by atoms with van der Waals surface area (Å²) in [5.74, 6) is 0. The standard InChI is InChI=1S/C37H33N/c1-35(2)26-16-10-18-28-32(26)38-33-27(35)17-11-19-29(33)37(5,6)31-21-23(20-30(34(31)38)36(28,3)4)25-15-9-13-22-12-7-8-14-24(22)25/h7-21H,1-6H3. The van der Waals surface area contributed by atoms with E-state index in [-0.39, 0.29) is 16.2 Å². The van der Waals surface area contributed by atoms with Crippen molar-refractivity contribution in [3.05, 3.63) is 124 Å². The molecule has 0 bridgehead atoms. The Morgan fingerprint density at radius 3 is 1.42 bits per heavy atom. The Morgan fingerprint density at radius 1 is 0.447 bits per heavy atom. The average molecular weight is 492 g/mol. The van der Waals surface area contributed by atoms with E-state index in [1.54, 1.807) is 0 Å². The lowest BCUT2D eigenvalue weighted by Gasteiger charge is -2.55. The second kappa shape index (κ2) is 6.77. The Bertz CT molecular complexity index is 1750. The molecular weight excluding hydrogens is 458 g/mol. The first-order valence-electron chi connectivity index (χ1n) is 13.9. The minimum Gasteiger partial charge on any atom is -0.309 e. The van der Waals surface area contributed by atoms with Crippen molar-refractivity contribution in [2.45, 2.75) is 57.8 Å². The average Bonchev–Trinajstić information content (AvgIpc) is 2.91. The number of anilines is 3. The number of hydrogen-bond acceptors (Lipinski definition) is 1. The van der Waals surface area contributed by atoms with Gasteiger partial charge in [0.2, 0.25) is 0 Å². The lowest BCUT2D eigenvalue weighted by Crippen LogP contribution is -2.43. The zero-order valence-electron chi connectivity index (χ0n) is 23.1. The molecule has 0 aromatic heterocycles. The summed E-state index contributed by atoms with van der Waals surface area (Å²) in [5, 5.41) is 2.60. The largest absolute Gasteiger partial charge is 0.309 e. The molecule has 0 aliphatic carbocycles. The number of benzene rings is 5. The molecular formula is C37H33N. The smallest absolute Gasteiger partial charge is 0.0544 e. The summed E-state index contributed by atoms with van der Waals surface area (Å²) in [6.07, 6.45) is 0. The van der Waals surface area contributed by atoms with Crippen molar-refractivity contribution < 1.29 is 0 Å². The van der Waals surface area contributed by atoms with Crippen LogP contribution in [-0.2, 0) is 16.2 Å². The molecule has 0 N–H and O–H groups in total. The third-order valence-electron chi connectivity index (χ3n) is 9.99. The number of fused-ring (bicyclic) bond motifs is 1. The monoisotopic (exact) mass is 491 g/mol. The van der Waals surface area contributed by atoms with E-state index in [4.69, 9.17) is 0 Å². The molecule has 3 aliphatic heterocycles. The van der Waals surface area contributed by atoms with Crippen LogP contribution in [0.5, 0.6) is 0 Å². The number of hydrogen-bond donors (Lipinski definition) is 0. The SMILES string of the molecule is CC1(C)c2cccc3c2N2c4c1cccc4C(C)(C)c1cc(-c4cccc5ccccc45)cc(c12)C3(C)C. The maximum Gasteiger partial charge on any atom is 0.0544 e. The van der Waals surface area contributed by atoms with Gasteiger partial charge in [0.1, 0.15) is 0 Å². The van der Waals surface area contributed by atoms with E-state index < -0.39 is 0 Å². The molecule has 3 heterocycles. The van der Waals surface area contributed by atoms with Crippen molar-refractivity contribution in [1.82, 2.24) is 0 Å². The highest BCUT2D eigenvalue weighted by atomic mass is 15.2. The predicted octanol–water partition coefficient (Wildman–Crippen LogP) is 9.89. The van der Waals surface area contributed by atoms with Gasteiger partial charge in [0.25, 0.3) is 0 Å². The minimum absolute atomic E-state index is 0.0583. The van der Waals surface area contributed by atoms with Gasteiger partial charge in [-0.3, -0.25) is 0 Å². The van der Waals surface area contributed by atoms with E-state index in [0.29, 0.717) is 0 Å². The van der Waals surface area contributed by atoms with Gasteiger partial charge in [-0.15, -0.1) is 0 Å². The zero-order chi connectivity index (χ0) is 26.2. The third kappa shape index (κ3) is 2.44. The first-order chi connectivity index (χ1) is 18.1. The fourth-order valence-electron chi connectivity index (χ4n) is 7.82. The van der Waals surface area contributed by atoms with Crippen molar-refractivity contribution >= 4 is 27.8 Å². The van der Waals surface area contributed by atoms with Gasteiger partial charge in [-0.05, 0) is 67.4 Å². The molecule has 8 rings (SSSR count). The van der Waals surface area contributed by atoms with E-state index in [1.165, 1.54) is 72.3 Å². The molecule has 0 fully saturated rings. The lowest BCUT2D eigenvalue weighted by atomic mass is 9.60. The Morgan fingerprint density at radius 2 is 0.868 bits per heavy atom. The second-order valence-electron chi connectivity index (χ2n) is 13.1. The third-order valence-corrected chi connectivity index (χ3v) is 9.99. The first kappa shape index (κ1) is 22.2. The van der Waals surface area contributed by atoms with Gasteiger partial charge < -0.3 is 4.90 Å². The van der Waals surface area contributed by atoms with Crippen LogP contribution in [0.1, 0.15) is 74.9 Å². The molecule has 3 aliphatic rings. The van der Waals surface area contributed by atoms with Crippen LogP contribution in [0.3, 0.4) is 0 Å². The number of rotatable bonds is 1. The van der Waals surface area contributed by atoms with Gasteiger partial charge in [0.15, 0.2) is 0 Å². The predicted molar refractivity (Wildman–Crippen MR) is 160 cm³/mol. The van der Waals surface area contributed by atoms with E-state index >= 15 is 0 Å².